The van der Waals surface area contributed by atoms with Gasteiger partial charge in [0.15, 0.2) is 0 Å². The van der Waals surface area contributed by atoms with Crippen LogP contribution in [0.4, 0.5) is 0 Å². The van der Waals surface area contributed by atoms with Crippen LogP contribution in [0.15, 0.2) is 30.3 Å². The van der Waals surface area contributed by atoms with Crippen LogP contribution in [0.2, 0.25) is 0 Å². The molecule has 0 atom stereocenters. The SMILES string of the molecule is [N-]=[N+]=Bc1ccccc1. The Morgan fingerprint density at radius 1 is 1.22 bits per heavy atom. The Kier molecular flexibility index (Phi) is 1.94. The van der Waals surface area contributed by atoms with Crippen molar-refractivity contribution >= 4 is 12.5 Å². The van der Waals surface area contributed by atoms with Gasteiger partial charge in [-0.25, -0.2) is 0 Å². The van der Waals surface area contributed by atoms with Gasteiger partial charge >= 0.3 is 53.1 Å². The minimum absolute atomic E-state index is 0.903. The van der Waals surface area contributed by atoms with Crippen molar-refractivity contribution in [1.82, 2.24) is 4.69 Å². The molecule has 2 nitrogen and oxygen atoms in total. The van der Waals surface area contributed by atoms with Crippen LogP contribution in [0.25, 0.3) is 5.53 Å². The van der Waals surface area contributed by atoms with E-state index in [4.69, 9.17) is 5.53 Å². The summed E-state index contributed by atoms with van der Waals surface area (Å²) < 4.78 is 2.88. The molecular weight excluding hydrogens is 111 g/mol. The molecule has 0 saturated carbocycles. The molecule has 0 saturated heterocycles. The molecule has 0 aliphatic rings. The molecule has 0 bridgehead atoms. The van der Waals surface area contributed by atoms with Crippen molar-refractivity contribution in [3.05, 3.63) is 35.9 Å². The van der Waals surface area contributed by atoms with Gasteiger partial charge in [-0.1, -0.05) is 0 Å². The summed E-state index contributed by atoms with van der Waals surface area (Å²) >= 11 is 0. The summed E-state index contributed by atoms with van der Waals surface area (Å²) in [5, 5.41) is 0. The molecule has 0 aliphatic heterocycles. The van der Waals surface area contributed by atoms with Crippen molar-refractivity contribution < 1.29 is 0 Å². The second kappa shape index (κ2) is 2.95. The molecule has 0 aromatic heterocycles. The molecule has 0 fully saturated rings. The van der Waals surface area contributed by atoms with Crippen LogP contribution in [0.3, 0.4) is 0 Å². The molecule has 3 heteroatoms. The second-order valence-corrected chi connectivity index (χ2v) is 1.66. The molecule has 0 N–H and O–H groups in total. The van der Waals surface area contributed by atoms with Crippen molar-refractivity contribution in [3.8, 4) is 0 Å². The number of nitrogens with zero attached hydrogens (tertiary/aromatic N) is 2. The van der Waals surface area contributed by atoms with Gasteiger partial charge in [0.25, 0.3) is 0 Å². The van der Waals surface area contributed by atoms with Crippen molar-refractivity contribution in [2.24, 2.45) is 0 Å². The van der Waals surface area contributed by atoms with Crippen molar-refractivity contribution in [3.63, 3.8) is 0 Å². The summed E-state index contributed by atoms with van der Waals surface area (Å²) in [6.45, 7) is 0. The minimum atomic E-state index is 0.903. The zero-order chi connectivity index (χ0) is 6.53. The molecule has 9 heavy (non-hydrogen) atoms. The molecule has 0 unspecified atom stereocenters. The van der Waals surface area contributed by atoms with Crippen LogP contribution in [0.5, 0.6) is 0 Å². The number of hydrogen-bond donors (Lipinski definition) is 0. The van der Waals surface area contributed by atoms with E-state index in [2.05, 4.69) is 4.69 Å². The predicted octanol–water partition coefficient (Wildman–Crippen LogP) is 0.289. The van der Waals surface area contributed by atoms with Crippen LogP contribution >= 0.6 is 0 Å². The van der Waals surface area contributed by atoms with Gasteiger partial charge < -0.3 is 0 Å². The molecule has 42 valence electrons. The number of benzene rings is 1. The standard InChI is InChI=1S/C6H5BN2/c8-9-7-6-4-2-1-3-5-6/h1-5H. The van der Waals surface area contributed by atoms with E-state index in [1.807, 2.05) is 30.3 Å². The van der Waals surface area contributed by atoms with Crippen molar-refractivity contribution in [2.45, 2.75) is 0 Å². The summed E-state index contributed by atoms with van der Waals surface area (Å²) in [5.74, 6) is 0. The summed E-state index contributed by atoms with van der Waals surface area (Å²) in [6, 6.07) is 9.40. The molecular formula is C6H5BN2. The summed E-state index contributed by atoms with van der Waals surface area (Å²) in [5.41, 5.74) is 8.99. The van der Waals surface area contributed by atoms with E-state index in [9.17, 15) is 0 Å². The van der Waals surface area contributed by atoms with Crippen LogP contribution in [0, 0.1) is 0 Å². The molecule has 1 rings (SSSR count). The van der Waals surface area contributed by atoms with E-state index in [-0.39, 0.29) is 0 Å². The molecule has 0 amide bonds. The Bertz CT molecular complexity index is 226. The maximum atomic E-state index is 8.09. The zero-order valence-electron chi connectivity index (χ0n) is 4.86. The first-order valence-corrected chi connectivity index (χ1v) is 2.66. The van der Waals surface area contributed by atoms with Crippen LogP contribution < -0.4 is 10.2 Å². The number of hydrogen-bond acceptors (Lipinski definition) is 0. The average Bonchev–Trinajstić information content (AvgIpc) is 1.91. The number of rotatable bonds is 1. The maximum absolute atomic E-state index is 8.09. The molecule has 1 aromatic rings. The fourth-order valence-corrected chi connectivity index (χ4v) is 0.606. The first kappa shape index (κ1) is 5.92. The van der Waals surface area contributed by atoms with E-state index in [1.165, 1.54) is 7.07 Å². The first-order valence-electron chi connectivity index (χ1n) is 2.66. The topological polar surface area (TPSA) is 36.4 Å². The fourth-order valence-electron chi connectivity index (χ4n) is 0.606. The molecule has 0 radical (unpaired) electrons. The van der Waals surface area contributed by atoms with Gasteiger partial charge in [-0.15, -0.1) is 0 Å². The van der Waals surface area contributed by atoms with Crippen LogP contribution in [0.1, 0.15) is 0 Å². The molecule has 0 aliphatic carbocycles. The Labute approximate surface area is 54.0 Å². The van der Waals surface area contributed by atoms with Gasteiger partial charge in [-0.3, -0.25) is 0 Å². The zero-order valence-corrected chi connectivity index (χ0v) is 4.86. The average molecular weight is 116 g/mol. The fraction of sp³-hybridized carbons (Fsp3) is 0. The van der Waals surface area contributed by atoms with Gasteiger partial charge in [0, 0.05) is 0 Å². The molecule has 0 spiro atoms. The second-order valence-electron chi connectivity index (χ2n) is 1.66. The Morgan fingerprint density at radius 2 is 1.89 bits per heavy atom. The Morgan fingerprint density at radius 3 is 2.44 bits per heavy atom. The normalized spacial score (nSPS) is 7.56. The molecule has 0 heterocycles. The van der Waals surface area contributed by atoms with Gasteiger partial charge in [0.2, 0.25) is 0 Å². The Balaban J connectivity index is 2.97. The Hall–Kier alpha value is -1.21. The van der Waals surface area contributed by atoms with Gasteiger partial charge in [0.05, 0.1) is 0 Å². The van der Waals surface area contributed by atoms with E-state index in [0.717, 1.165) is 5.46 Å². The summed E-state index contributed by atoms with van der Waals surface area (Å²) in [7, 11) is 1.39. The van der Waals surface area contributed by atoms with Crippen molar-refractivity contribution in [1.29, 1.82) is 0 Å². The predicted molar refractivity (Wildman–Crippen MR) is 37.3 cm³/mol. The van der Waals surface area contributed by atoms with Gasteiger partial charge in [-0.2, -0.15) is 0 Å². The van der Waals surface area contributed by atoms with E-state index >= 15 is 0 Å². The summed E-state index contributed by atoms with van der Waals surface area (Å²) in [4.78, 5) is 0. The van der Waals surface area contributed by atoms with Crippen LogP contribution in [-0.2, 0) is 0 Å². The van der Waals surface area contributed by atoms with Crippen molar-refractivity contribution in [2.75, 3.05) is 0 Å². The van der Waals surface area contributed by atoms with E-state index < -0.39 is 0 Å². The van der Waals surface area contributed by atoms with Gasteiger partial charge in [-0.05, 0) is 0 Å². The van der Waals surface area contributed by atoms with Crippen LogP contribution in [-0.4, -0.2) is 7.07 Å². The van der Waals surface area contributed by atoms with E-state index in [1.54, 1.807) is 0 Å². The first-order chi connectivity index (χ1) is 4.43. The quantitative estimate of drug-likeness (QED) is 0.287. The monoisotopic (exact) mass is 116 g/mol. The summed E-state index contributed by atoms with van der Waals surface area (Å²) in [6.07, 6.45) is 0. The van der Waals surface area contributed by atoms with E-state index in [0.29, 0.717) is 0 Å². The third-order valence-corrected chi connectivity index (χ3v) is 1.01. The third kappa shape index (κ3) is 1.63. The molecule has 1 aromatic carbocycles. The van der Waals surface area contributed by atoms with Gasteiger partial charge in [0.1, 0.15) is 0 Å². The third-order valence-electron chi connectivity index (χ3n) is 1.01.